The molecule has 17 heavy (non-hydrogen) atoms. The van der Waals surface area contributed by atoms with Gasteiger partial charge in [-0.2, -0.15) is 5.10 Å². The predicted molar refractivity (Wildman–Crippen MR) is 72.3 cm³/mol. The van der Waals surface area contributed by atoms with Crippen molar-refractivity contribution in [2.24, 2.45) is 5.10 Å². The zero-order valence-electron chi connectivity index (χ0n) is 9.31. The van der Waals surface area contributed by atoms with E-state index in [1.807, 2.05) is 54.6 Å². The highest BCUT2D eigenvalue weighted by Crippen LogP contribution is 2.14. The average molecular weight is 245 g/mol. The van der Waals surface area contributed by atoms with Crippen molar-refractivity contribution in [1.82, 2.24) is 5.43 Å². The van der Waals surface area contributed by atoms with E-state index in [-0.39, 0.29) is 0 Å². The number of rotatable bonds is 4. The molecule has 0 bridgehead atoms. The second kappa shape index (κ2) is 6.06. The Labute approximate surface area is 106 Å². The molecular weight excluding hydrogens is 232 g/mol. The Hall–Kier alpha value is -1.80. The van der Waals surface area contributed by atoms with E-state index in [1.165, 1.54) is 0 Å². The number of hydrogen-bond donors (Lipinski definition) is 1. The smallest absolute Gasteiger partial charge is 0.0594 e. The van der Waals surface area contributed by atoms with E-state index in [4.69, 9.17) is 11.6 Å². The summed E-state index contributed by atoms with van der Waals surface area (Å²) in [6.07, 6.45) is 1.79. The lowest BCUT2D eigenvalue weighted by Gasteiger charge is -2.02. The second-order valence-electron chi connectivity index (χ2n) is 3.60. The summed E-state index contributed by atoms with van der Waals surface area (Å²) >= 11 is 6.03. The summed E-state index contributed by atoms with van der Waals surface area (Å²) in [7, 11) is 0. The van der Waals surface area contributed by atoms with Crippen molar-refractivity contribution < 1.29 is 0 Å². The average Bonchev–Trinajstić information content (AvgIpc) is 2.38. The fourth-order valence-electron chi connectivity index (χ4n) is 1.43. The van der Waals surface area contributed by atoms with Crippen LogP contribution in [0.5, 0.6) is 0 Å². The lowest BCUT2D eigenvalue weighted by molar-refractivity contribution is 0.748. The third kappa shape index (κ3) is 3.61. The molecule has 0 aliphatic carbocycles. The molecule has 86 valence electrons. The Morgan fingerprint density at radius 3 is 2.47 bits per heavy atom. The summed E-state index contributed by atoms with van der Waals surface area (Å²) in [5, 5.41) is 4.90. The molecule has 0 spiro atoms. The molecule has 0 saturated carbocycles. The predicted octanol–water partition coefficient (Wildman–Crippen LogP) is 3.46. The van der Waals surface area contributed by atoms with Crippen molar-refractivity contribution in [3.63, 3.8) is 0 Å². The molecule has 2 rings (SSSR count). The van der Waals surface area contributed by atoms with Gasteiger partial charge in [-0.25, -0.2) is 0 Å². The van der Waals surface area contributed by atoms with Crippen LogP contribution in [0.4, 0.5) is 0 Å². The zero-order chi connectivity index (χ0) is 11.9. The number of nitrogens with one attached hydrogen (secondary N) is 1. The topological polar surface area (TPSA) is 24.4 Å². The fourth-order valence-corrected chi connectivity index (χ4v) is 1.63. The molecular formula is C14H13ClN2. The number of halogens is 1. The number of benzene rings is 2. The third-order valence-electron chi connectivity index (χ3n) is 2.33. The highest BCUT2D eigenvalue weighted by Gasteiger charge is 1.95. The van der Waals surface area contributed by atoms with E-state index in [0.717, 1.165) is 16.1 Å². The first kappa shape index (κ1) is 11.7. The van der Waals surface area contributed by atoms with Crippen molar-refractivity contribution in [2.75, 3.05) is 0 Å². The Morgan fingerprint density at radius 2 is 1.71 bits per heavy atom. The van der Waals surface area contributed by atoms with Crippen LogP contribution in [0.2, 0.25) is 5.02 Å². The Kier molecular flexibility index (Phi) is 4.17. The van der Waals surface area contributed by atoms with E-state index in [0.29, 0.717) is 6.54 Å². The maximum Gasteiger partial charge on any atom is 0.0594 e. The lowest BCUT2D eigenvalue weighted by atomic mass is 10.2. The van der Waals surface area contributed by atoms with Crippen LogP contribution in [0.25, 0.3) is 0 Å². The maximum absolute atomic E-state index is 6.03. The SMILES string of the molecule is Clc1ccccc1CN/N=C\c1ccccc1. The first-order chi connectivity index (χ1) is 8.36. The third-order valence-corrected chi connectivity index (χ3v) is 2.70. The molecule has 2 aromatic rings. The van der Waals surface area contributed by atoms with Gasteiger partial charge in [-0.3, -0.25) is 0 Å². The number of hydrogen-bond acceptors (Lipinski definition) is 2. The summed E-state index contributed by atoms with van der Waals surface area (Å²) in [6, 6.07) is 17.7. The summed E-state index contributed by atoms with van der Waals surface area (Å²) < 4.78 is 0. The van der Waals surface area contributed by atoms with Crippen LogP contribution in [-0.2, 0) is 6.54 Å². The molecule has 2 aromatic carbocycles. The normalized spacial score (nSPS) is 10.6. The van der Waals surface area contributed by atoms with Crippen molar-refractivity contribution in [1.29, 1.82) is 0 Å². The van der Waals surface area contributed by atoms with E-state index in [2.05, 4.69) is 10.5 Å². The summed E-state index contributed by atoms with van der Waals surface area (Å²) in [4.78, 5) is 0. The number of hydrazone groups is 1. The van der Waals surface area contributed by atoms with Gasteiger partial charge in [0.15, 0.2) is 0 Å². The Morgan fingerprint density at radius 1 is 1.00 bits per heavy atom. The van der Waals surface area contributed by atoms with Crippen LogP contribution >= 0.6 is 11.6 Å². The maximum atomic E-state index is 6.03. The quantitative estimate of drug-likeness (QED) is 0.647. The van der Waals surface area contributed by atoms with Crippen LogP contribution in [0, 0.1) is 0 Å². The van der Waals surface area contributed by atoms with Crippen LogP contribution in [-0.4, -0.2) is 6.21 Å². The number of nitrogens with zero attached hydrogens (tertiary/aromatic N) is 1. The minimum Gasteiger partial charge on any atom is -0.306 e. The van der Waals surface area contributed by atoms with Gasteiger partial charge in [-0.1, -0.05) is 60.1 Å². The van der Waals surface area contributed by atoms with E-state index in [1.54, 1.807) is 6.21 Å². The molecule has 0 aliphatic rings. The monoisotopic (exact) mass is 244 g/mol. The summed E-state index contributed by atoms with van der Waals surface area (Å²) in [5.41, 5.74) is 5.09. The highest BCUT2D eigenvalue weighted by atomic mass is 35.5. The Bertz CT molecular complexity index is 495. The van der Waals surface area contributed by atoms with Crippen LogP contribution < -0.4 is 5.43 Å². The van der Waals surface area contributed by atoms with Crippen molar-refractivity contribution in [2.45, 2.75) is 6.54 Å². The molecule has 0 aromatic heterocycles. The molecule has 0 heterocycles. The van der Waals surface area contributed by atoms with Gasteiger partial charge in [-0.05, 0) is 17.2 Å². The van der Waals surface area contributed by atoms with Gasteiger partial charge in [0.05, 0.1) is 12.8 Å². The highest BCUT2D eigenvalue weighted by molar-refractivity contribution is 6.31. The molecule has 0 fully saturated rings. The minimum atomic E-state index is 0.628. The zero-order valence-corrected chi connectivity index (χ0v) is 10.1. The van der Waals surface area contributed by atoms with Crippen molar-refractivity contribution in [3.8, 4) is 0 Å². The largest absolute Gasteiger partial charge is 0.306 e. The first-order valence-electron chi connectivity index (χ1n) is 5.40. The Balaban J connectivity index is 1.88. The van der Waals surface area contributed by atoms with Gasteiger partial charge in [0.1, 0.15) is 0 Å². The van der Waals surface area contributed by atoms with Crippen molar-refractivity contribution in [3.05, 3.63) is 70.7 Å². The lowest BCUT2D eigenvalue weighted by Crippen LogP contribution is -2.05. The van der Waals surface area contributed by atoms with E-state index < -0.39 is 0 Å². The molecule has 0 atom stereocenters. The molecule has 0 aliphatic heterocycles. The van der Waals surface area contributed by atoms with Gasteiger partial charge in [0.25, 0.3) is 0 Å². The molecule has 2 nitrogen and oxygen atoms in total. The summed E-state index contributed by atoms with van der Waals surface area (Å²) in [6.45, 7) is 0.628. The van der Waals surface area contributed by atoms with Crippen LogP contribution in [0.1, 0.15) is 11.1 Å². The van der Waals surface area contributed by atoms with E-state index >= 15 is 0 Å². The van der Waals surface area contributed by atoms with Crippen LogP contribution in [0.15, 0.2) is 59.7 Å². The fraction of sp³-hybridized carbons (Fsp3) is 0.0714. The van der Waals surface area contributed by atoms with Crippen molar-refractivity contribution >= 4 is 17.8 Å². The van der Waals surface area contributed by atoms with Gasteiger partial charge in [0, 0.05) is 5.02 Å². The second-order valence-corrected chi connectivity index (χ2v) is 4.00. The van der Waals surface area contributed by atoms with Gasteiger partial charge >= 0.3 is 0 Å². The van der Waals surface area contributed by atoms with Gasteiger partial charge in [0.2, 0.25) is 0 Å². The standard InChI is InChI=1S/C14H13ClN2/c15-14-9-5-4-8-13(14)11-17-16-10-12-6-2-1-3-7-12/h1-10,17H,11H2/b16-10-. The molecule has 0 unspecified atom stereocenters. The van der Waals surface area contributed by atoms with Gasteiger partial charge in [-0.15, -0.1) is 0 Å². The molecule has 1 N–H and O–H groups in total. The van der Waals surface area contributed by atoms with E-state index in [9.17, 15) is 0 Å². The molecule has 0 saturated heterocycles. The molecule has 0 radical (unpaired) electrons. The molecule has 3 heteroatoms. The van der Waals surface area contributed by atoms with Gasteiger partial charge < -0.3 is 5.43 Å². The first-order valence-corrected chi connectivity index (χ1v) is 5.78. The molecule has 0 amide bonds. The van der Waals surface area contributed by atoms with Crippen LogP contribution in [0.3, 0.4) is 0 Å². The summed E-state index contributed by atoms with van der Waals surface area (Å²) in [5.74, 6) is 0. The minimum absolute atomic E-state index is 0.628.